The van der Waals surface area contributed by atoms with Gasteiger partial charge in [-0.05, 0) is 30.9 Å². The van der Waals surface area contributed by atoms with E-state index in [1.54, 1.807) is 0 Å². The lowest BCUT2D eigenvalue weighted by Crippen LogP contribution is -2.18. The highest BCUT2D eigenvalue weighted by Gasteiger charge is 2.18. The summed E-state index contributed by atoms with van der Waals surface area (Å²) in [6.45, 7) is 7.59. The van der Waals surface area contributed by atoms with Crippen LogP contribution in [0, 0.1) is 18.3 Å². The summed E-state index contributed by atoms with van der Waals surface area (Å²) in [6, 6.07) is 5.82. The summed E-state index contributed by atoms with van der Waals surface area (Å²) in [5.41, 5.74) is 8.22. The van der Waals surface area contributed by atoms with Gasteiger partial charge < -0.3 is 15.0 Å². The first kappa shape index (κ1) is 16.4. The summed E-state index contributed by atoms with van der Waals surface area (Å²) in [4.78, 5) is 4.72. The van der Waals surface area contributed by atoms with Gasteiger partial charge in [-0.15, -0.1) is 6.42 Å². The van der Waals surface area contributed by atoms with Crippen LogP contribution in [0.2, 0.25) is 0 Å². The third kappa shape index (κ3) is 3.61. The van der Waals surface area contributed by atoms with Crippen molar-refractivity contribution in [3.63, 3.8) is 0 Å². The fourth-order valence-electron chi connectivity index (χ4n) is 2.59. The summed E-state index contributed by atoms with van der Waals surface area (Å²) in [5.74, 6) is 4.90. The number of ether oxygens (including phenoxy) is 1. The molecule has 0 spiro atoms. The Hall–Kier alpha value is -1.99. The zero-order valence-electron chi connectivity index (χ0n) is 13.7. The maximum atomic E-state index is 6.33. The SMILES string of the molecule is C#CCn1c(C(N)CC(C)C)nc2cc(OCCC)ccc21. The maximum absolute atomic E-state index is 6.33. The van der Waals surface area contributed by atoms with Crippen molar-refractivity contribution < 1.29 is 4.74 Å². The molecule has 4 nitrogen and oxygen atoms in total. The van der Waals surface area contributed by atoms with Gasteiger partial charge in [-0.25, -0.2) is 4.98 Å². The van der Waals surface area contributed by atoms with Crippen molar-refractivity contribution in [3.8, 4) is 18.1 Å². The molecule has 0 radical (unpaired) electrons. The van der Waals surface area contributed by atoms with Crippen molar-refractivity contribution in [3.05, 3.63) is 24.0 Å². The van der Waals surface area contributed by atoms with Gasteiger partial charge in [-0.3, -0.25) is 0 Å². The van der Waals surface area contributed by atoms with E-state index in [0.717, 1.165) is 35.4 Å². The molecule has 1 unspecified atom stereocenters. The number of nitrogens with two attached hydrogens (primary N) is 1. The van der Waals surface area contributed by atoms with Gasteiger partial charge in [0.2, 0.25) is 0 Å². The normalized spacial score (nSPS) is 12.5. The second kappa shape index (κ2) is 7.33. The molecule has 0 amide bonds. The molecule has 1 aromatic heterocycles. The summed E-state index contributed by atoms with van der Waals surface area (Å²) in [5, 5.41) is 0. The first-order chi connectivity index (χ1) is 10.6. The molecule has 0 aliphatic rings. The standard InChI is InChI=1S/C18H25N3O/c1-5-9-21-17-8-7-14(22-10-6-2)12-16(17)20-18(21)15(19)11-13(3)4/h1,7-8,12-13,15H,6,9-11,19H2,2-4H3. The quantitative estimate of drug-likeness (QED) is 0.796. The minimum Gasteiger partial charge on any atom is -0.494 e. The Kier molecular flexibility index (Phi) is 5.46. The van der Waals surface area contributed by atoms with Crippen LogP contribution in [0.5, 0.6) is 5.75 Å². The monoisotopic (exact) mass is 299 g/mol. The van der Waals surface area contributed by atoms with Crippen LogP contribution in [0.25, 0.3) is 11.0 Å². The van der Waals surface area contributed by atoms with E-state index in [-0.39, 0.29) is 6.04 Å². The minimum absolute atomic E-state index is 0.110. The predicted molar refractivity (Wildman–Crippen MR) is 90.7 cm³/mol. The summed E-state index contributed by atoms with van der Waals surface area (Å²) >= 11 is 0. The molecule has 1 atom stereocenters. The number of aromatic nitrogens is 2. The molecule has 0 saturated heterocycles. The first-order valence-electron chi connectivity index (χ1n) is 7.88. The van der Waals surface area contributed by atoms with Gasteiger partial charge in [-0.2, -0.15) is 0 Å². The number of rotatable bonds is 7. The van der Waals surface area contributed by atoms with Gasteiger partial charge in [0.15, 0.2) is 0 Å². The van der Waals surface area contributed by atoms with Gasteiger partial charge >= 0.3 is 0 Å². The second-order valence-corrected chi connectivity index (χ2v) is 6.00. The van der Waals surface area contributed by atoms with Gasteiger partial charge in [0.1, 0.15) is 11.6 Å². The van der Waals surface area contributed by atoms with Crippen LogP contribution >= 0.6 is 0 Å². The summed E-state index contributed by atoms with van der Waals surface area (Å²) in [7, 11) is 0. The molecular weight excluding hydrogens is 274 g/mol. The molecular formula is C18H25N3O. The Morgan fingerprint density at radius 2 is 2.18 bits per heavy atom. The Morgan fingerprint density at radius 1 is 1.41 bits per heavy atom. The number of nitrogens with zero attached hydrogens (tertiary/aromatic N) is 2. The number of terminal acetylenes is 1. The molecule has 1 heterocycles. The van der Waals surface area contributed by atoms with Crippen molar-refractivity contribution in [2.75, 3.05) is 6.61 Å². The first-order valence-corrected chi connectivity index (χ1v) is 7.88. The zero-order chi connectivity index (χ0) is 16.1. The summed E-state index contributed by atoms with van der Waals surface area (Å²) in [6.07, 6.45) is 7.37. The van der Waals surface area contributed by atoms with Crippen molar-refractivity contribution in [2.24, 2.45) is 11.7 Å². The van der Waals surface area contributed by atoms with Gasteiger partial charge in [0.25, 0.3) is 0 Å². The molecule has 4 heteroatoms. The van der Waals surface area contributed by atoms with Crippen LogP contribution in [0.1, 0.15) is 45.5 Å². The lowest BCUT2D eigenvalue weighted by molar-refractivity contribution is 0.318. The summed E-state index contributed by atoms with van der Waals surface area (Å²) < 4.78 is 7.71. The zero-order valence-corrected chi connectivity index (χ0v) is 13.7. The average molecular weight is 299 g/mol. The second-order valence-electron chi connectivity index (χ2n) is 6.00. The molecule has 2 aromatic rings. The highest BCUT2D eigenvalue weighted by atomic mass is 16.5. The highest BCUT2D eigenvalue weighted by molar-refractivity contribution is 5.78. The maximum Gasteiger partial charge on any atom is 0.127 e. The Balaban J connectivity index is 2.42. The smallest absolute Gasteiger partial charge is 0.127 e. The van der Waals surface area contributed by atoms with Crippen LogP contribution in [-0.2, 0) is 6.54 Å². The van der Waals surface area contributed by atoms with Crippen LogP contribution in [0.4, 0.5) is 0 Å². The van der Waals surface area contributed by atoms with E-state index >= 15 is 0 Å². The van der Waals surface area contributed by atoms with Gasteiger partial charge in [-0.1, -0.05) is 26.7 Å². The molecule has 2 rings (SSSR count). The Bertz CT molecular complexity index is 667. The minimum atomic E-state index is -0.110. The van der Waals surface area contributed by atoms with E-state index in [9.17, 15) is 0 Å². The molecule has 0 aliphatic heterocycles. The predicted octanol–water partition coefficient (Wildman–Crippen LogP) is 3.50. The van der Waals surface area contributed by atoms with Crippen LogP contribution in [0.15, 0.2) is 18.2 Å². The number of benzene rings is 1. The molecule has 118 valence electrons. The van der Waals surface area contributed by atoms with Crippen molar-refractivity contribution in [2.45, 2.75) is 46.2 Å². The number of hydrogen-bond donors (Lipinski definition) is 1. The highest BCUT2D eigenvalue weighted by Crippen LogP contribution is 2.26. The lowest BCUT2D eigenvalue weighted by atomic mass is 10.0. The van der Waals surface area contributed by atoms with Crippen LogP contribution in [-0.4, -0.2) is 16.2 Å². The van der Waals surface area contributed by atoms with Crippen molar-refractivity contribution >= 4 is 11.0 Å². The van der Waals surface area contributed by atoms with Gasteiger partial charge in [0, 0.05) is 6.07 Å². The van der Waals surface area contributed by atoms with E-state index in [2.05, 4.69) is 26.7 Å². The Labute approximate surface area is 132 Å². The average Bonchev–Trinajstić information content (AvgIpc) is 2.83. The van der Waals surface area contributed by atoms with E-state index in [1.165, 1.54) is 0 Å². The van der Waals surface area contributed by atoms with Crippen LogP contribution in [0.3, 0.4) is 0 Å². The molecule has 0 saturated carbocycles. The fraction of sp³-hybridized carbons (Fsp3) is 0.500. The van der Waals surface area contributed by atoms with Crippen LogP contribution < -0.4 is 10.5 Å². The molecule has 2 N–H and O–H groups in total. The molecule has 0 aliphatic carbocycles. The van der Waals surface area contributed by atoms with E-state index in [1.807, 2.05) is 22.8 Å². The largest absolute Gasteiger partial charge is 0.494 e. The van der Waals surface area contributed by atoms with Crippen molar-refractivity contribution in [1.29, 1.82) is 0 Å². The third-order valence-electron chi connectivity index (χ3n) is 3.53. The topological polar surface area (TPSA) is 53.1 Å². The number of imidazole rings is 1. The fourth-order valence-corrected chi connectivity index (χ4v) is 2.59. The van der Waals surface area contributed by atoms with E-state index < -0.39 is 0 Å². The lowest BCUT2D eigenvalue weighted by Gasteiger charge is -2.15. The van der Waals surface area contributed by atoms with Crippen molar-refractivity contribution in [1.82, 2.24) is 9.55 Å². The van der Waals surface area contributed by atoms with Gasteiger partial charge in [0.05, 0.1) is 30.2 Å². The molecule has 0 bridgehead atoms. The molecule has 22 heavy (non-hydrogen) atoms. The number of hydrogen-bond acceptors (Lipinski definition) is 3. The Morgan fingerprint density at radius 3 is 2.82 bits per heavy atom. The molecule has 1 aromatic carbocycles. The number of fused-ring (bicyclic) bond motifs is 1. The van der Waals surface area contributed by atoms with E-state index in [0.29, 0.717) is 19.1 Å². The molecule has 0 fully saturated rings. The third-order valence-corrected chi connectivity index (χ3v) is 3.53. The van der Waals surface area contributed by atoms with E-state index in [4.69, 9.17) is 21.9 Å².